The van der Waals surface area contributed by atoms with Crippen LogP contribution in [0.2, 0.25) is 0 Å². The smallest absolute Gasteiger partial charge is 0.191 e. The fraction of sp³-hybridized carbons (Fsp3) is 0.650. The van der Waals surface area contributed by atoms with Crippen molar-refractivity contribution in [2.45, 2.75) is 51.7 Å². The first-order chi connectivity index (χ1) is 12.9. The van der Waals surface area contributed by atoms with Gasteiger partial charge in [-0.1, -0.05) is 30.7 Å². The molecule has 1 aliphatic heterocycles. The molecular formula is C20H35IN4O2S. The van der Waals surface area contributed by atoms with Crippen LogP contribution in [-0.4, -0.2) is 57.5 Å². The largest absolute Gasteiger partial charge is 0.354 e. The van der Waals surface area contributed by atoms with Crippen LogP contribution in [0.15, 0.2) is 29.3 Å². The van der Waals surface area contributed by atoms with Gasteiger partial charge < -0.3 is 10.6 Å². The van der Waals surface area contributed by atoms with Crippen molar-refractivity contribution in [3.8, 4) is 0 Å². The molecule has 6 nitrogen and oxygen atoms in total. The molecule has 1 heterocycles. The lowest BCUT2D eigenvalue weighted by molar-refractivity contribution is 0.221. The van der Waals surface area contributed by atoms with Crippen LogP contribution in [-0.2, 0) is 22.9 Å². The number of halogens is 1. The summed E-state index contributed by atoms with van der Waals surface area (Å²) in [4.78, 5) is 6.75. The zero-order valence-electron chi connectivity index (χ0n) is 17.3. The van der Waals surface area contributed by atoms with Crippen molar-refractivity contribution in [1.29, 1.82) is 0 Å². The summed E-state index contributed by atoms with van der Waals surface area (Å²) in [6, 6.07) is 8.77. The highest BCUT2D eigenvalue weighted by Crippen LogP contribution is 2.13. The molecule has 2 N–H and O–H groups in total. The van der Waals surface area contributed by atoms with Gasteiger partial charge in [0, 0.05) is 32.4 Å². The number of likely N-dealkylation sites (tertiary alicyclic amines) is 1. The van der Waals surface area contributed by atoms with E-state index >= 15 is 0 Å². The summed E-state index contributed by atoms with van der Waals surface area (Å²) in [5.41, 5.74) is 2.56. The molecule has 2 rings (SSSR count). The fourth-order valence-corrected chi connectivity index (χ4v) is 4.00. The maximum atomic E-state index is 11.3. The minimum atomic E-state index is -2.94. The Labute approximate surface area is 187 Å². The predicted molar refractivity (Wildman–Crippen MR) is 128 cm³/mol. The van der Waals surface area contributed by atoms with Gasteiger partial charge in [-0.25, -0.2) is 8.42 Å². The van der Waals surface area contributed by atoms with Gasteiger partial charge in [-0.05, 0) is 50.4 Å². The highest BCUT2D eigenvalue weighted by molar-refractivity contribution is 14.0. The van der Waals surface area contributed by atoms with Crippen LogP contribution in [0.1, 0.15) is 43.7 Å². The zero-order valence-corrected chi connectivity index (χ0v) is 20.4. The summed E-state index contributed by atoms with van der Waals surface area (Å²) < 4.78 is 22.6. The maximum absolute atomic E-state index is 11.3. The molecule has 1 saturated heterocycles. The number of benzene rings is 1. The average molecular weight is 522 g/mol. The van der Waals surface area contributed by atoms with E-state index in [0.717, 1.165) is 6.54 Å². The molecule has 1 atom stereocenters. The van der Waals surface area contributed by atoms with E-state index in [9.17, 15) is 8.42 Å². The minimum absolute atomic E-state index is 0. The van der Waals surface area contributed by atoms with Crippen LogP contribution in [0.25, 0.3) is 0 Å². The van der Waals surface area contributed by atoms with Crippen LogP contribution in [0.3, 0.4) is 0 Å². The molecule has 0 amide bonds. The van der Waals surface area contributed by atoms with Crippen molar-refractivity contribution in [3.05, 3.63) is 35.4 Å². The van der Waals surface area contributed by atoms with Crippen LogP contribution < -0.4 is 10.6 Å². The van der Waals surface area contributed by atoms with Gasteiger partial charge in [-0.15, -0.1) is 24.0 Å². The van der Waals surface area contributed by atoms with E-state index in [0.29, 0.717) is 18.9 Å². The second-order valence-electron chi connectivity index (χ2n) is 7.54. The number of guanidine groups is 1. The molecule has 0 bridgehead atoms. The number of aliphatic imine (C=N–C) groups is 1. The Morgan fingerprint density at radius 3 is 2.32 bits per heavy atom. The molecule has 0 saturated carbocycles. The van der Waals surface area contributed by atoms with E-state index < -0.39 is 9.84 Å². The van der Waals surface area contributed by atoms with Gasteiger partial charge in [0.25, 0.3) is 0 Å². The first-order valence-corrected chi connectivity index (χ1v) is 11.9. The predicted octanol–water partition coefficient (Wildman–Crippen LogP) is 2.78. The number of hydrogen-bond acceptors (Lipinski definition) is 4. The van der Waals surface area contributed by atoms with E-state index in [1.807, 2.05) is 6.92 Å². The number of nitrogens with one attached hydrogen (secondary N) is 2. The van der Waals surface area contributed by atoms with Crippen molar-refractivity contribution in [2.75, 3.05) is 32.1 Å². The fourth-order valence-electron chi connectivity index (χ4n) is 3.22. The van der Waals surface area contributed by atoms with Gasteiger partial charge in [0.1, 0.15) is 9.84 Å². The summed E-state index contributed by atoms with van der Waals surface area (Å²) in [6.07, 6.45) is 5.82. The Morgan fingerprint density at radius 2 is 1.75 bits per heavy atom. The molecule has 0 aromatic heterocycles. The van der Waals surface area contributed by atoms with E-state index in [1.165, 1.54) is 49.7 Å². The van der Waals surface area contributed by atoms with Gasteiger partial charge >= 0.3 is 0 Å². The summed E-state index contributed by atoms with van der Waals surface area (Å²) >= 11 is 0. The van der Waals surface area contributed by atoms with Gasteiger partial charge in [0.15, 0.2) is 5.96 Å². The highest BCUT2D eigenvalue weighted by Gasteiger charge is 2.11. The third kappa shape index (κ3) is 10.1. The Hall–Kier alpha value is -0.870. The number of nitrogens with zero attached hydrogens (tertiary/aromatic N) is 2. The maximum Gasteiger partial charge on any atom is 0.191 e. The molecule has 1 fully saturated rings. The van der Waals surface area contributed by atoms with Crippen LogP contribution in [0.4, 0.5) is 0 Å². The van der Waals surface area contributed by atoms with Crippen molar-refractivity contribution < 1.29 is 8.42 Å². The van der Waals surface area contributed by atoms with E-state index in [4.69, 9.17) is 0 Å². The van der Waals surface area contributed by atoms with Crippen LogP contribution in [0, 0.1) is 0 Å². The van der Waals surface area contributed by atoms with E-state index in [1.54, 1.807) is 7.05 Å². The average Bonchev–Trinajstić information content (AvgIpc) is 2.65. The molecule has 28 heavy (non-hydrogen) atoms. The minimum Gasteiger partial charge on any atom is -0.354 e. The van der Waals surface area contributed by atoms with Crippen molar-refractivity contribution >= 4 is 39.8 Å². The molecule has 8 heteroatoms. The zero-order chi connectivity index (χ0) is 19.7. The first-order valence-electron chi connectivity index (χ1n) is 9.81. The van der Waals surface area contributed by atoms with Crippen molar-refractivity contribution in [2.24, 2.45) is 4.99 Å². The topological polar surface area (TPSA) is 73.8 Å². The number of hydrogen-bond donors (Lipinski definition) is 2. The normalized spacial score (nSPS) is 16.9. The molecule has 1 aliphatic rings. The van der Waals surface area contributed by atoms with Crippen molar-refractivity contribution in [1.82, 2.24) is 15.5 Å². The molecule has 0 radical (unpaired) electrons. The van der Waals surface area contributed by atoms with Gasteiger partial charge in [-0.3, -0.25) is 9.89 Å². The number of sulfone groups is 1. The Morgan fingerprint density at radius 1 is 1.14 bits per heavy atom. The second kappa shape index (κ2) is 12.6. The van der Waals surface area contributed by atoms with Gasteiger partial charge in [-0.2, -0.15) is 0 Å². The number of piperidine rings is 1. The van der Waals surface area contributed by atoms with Gasteiger partial charge in [0.05, 0.1) is 5.75 Å². The third-order valence-electron chi connectivity index (χ3n) is 4.87. The lowest BCUT2D eigenvalue weighted by Crippen LogP contribution is -2.42. The SMILES string of the molecule is CN=C(NCc1ccc(CN2CCCCC2)cc1)NC(C)CCS(C)(=O)=O.I. The van der Waals surface area contributed by atoms with Crippen molar-refractivity contribution in [3.63, 3.8) is 0 Å². The summed E-state index contributed by atoms with van der Waals surface area (Å²) in [5.74, 6) is 0.866. The second-order valence-corrected chi connectivity index (χ2v) is 9.80. The summed E-state index contributed by atoms with van der Waals surface area (Å²) in [5, 5.41) is 6.54. The van der Waals surface area contributed by atoms with Crippen LogP contribution in [0.5, 0.6) is 0 Å². The lowest BCUT2D eigenvalue weighted by Gasteiger charge is -2.26. The molecule has 1 aromatic rings. The Bertz CT molecular complexity index is 701. The van der Waals surface area contributed by atoms with E-state index in [2.05, 4.69) is 44.8 Å². The molecule has 0 aliphatic carbocycles. The molecule has 1 unspecified atom stereocenters. The molecular weight excluding hydrogens is 487 g/mol. The Kier molecular flexibility index (Phi) is 11.4. The van der Waals surface area contributed by atoms with E-state index in [-0.39, 0.29) is 35.8 Å². The summed E-state index contributed by atoms with van der Waals surface area (Å²) in [6.45, 7) is 6.11. The quantitative estimate of drug-likeness (QED) is 0.312. The molecule has 0 spiro atoms. The third-order valence-corrected chi connectivity index (χ3v) is 5.84. The number of rotatable bonds is 8. The monoisotopic (exact) mass is 522 g/mol. The standard InChI is InChI=1S/C20H34N4O2S.HI/c1-17(11-14-27(3,25)26)23-20(21-2)22-15-18-7-9-19(10-8-18)16-24-12-5-4-6-13-24;/h7-10,17H,4-6,11-16H2,1-3H3,(H2,21,22,23);1H. The molecule has 160 valence electrons. The van der Waals surface area contributed by atoms with Gasteiger partial charge in [0.2, 0.25) is 0 Å². The van der Waals surface area contributed by atoms with Crippen LogP contribution >= 0.6 is 24.0 Å². The summed E-state index contributed by atoms with van der Waals surface area (Å²) in [7, 11) is -1.21. The Balaban J connectivity index is 0.00000392. The lowest BCUT2D eigenvalue weighted by atomic mass is 10.1. The molecule has 1 aromatic carbocycles. The highest BCUT2D eigenvalue weighted by atomic mass is 127. The first kappa shape index (κ1) is 25.2.